The molecule has 22 heavy (non-hydrogen) atoms. The molecule has 1 aliphatic heterocycles. The van der Waals surface area contributed by atoms with E-state index in [2.05, 4.69) is 5.32 Å². The van der Waals surface area contributed by atoms with Gasteiger partial charge in [0.05, 0.1) is 5.56 Å². The number of nitrogens with one attached hydrogen (secondary N) is 1. The summed E-state index contributed by atoms with van der Waals surface area (Å²) in [5, 5.41) is 2.87. The molecule has 1 N–H and O–H groups in total. The molecule has 1 fully saturated rings. The number of hydrogen-bond donors (Lipinski definition) is 1. The Balaban J connectivity index is 2.31. The van der Waals surface area contributed by atoms with E-state index >= 15 is 0 Å². The molecular formula is C17H25N3O2. The molecule has 2 amide bonds. The lowest BCUT2D eigenvalue weighted by atomic mass is 10.1. The van der Waals surface area contributed by atoms with Crippen molar-refractivity contribution in [2.75, 3.05) is 37.4 Å². The van der Waals surface area contributed by atoms with Gasteiger partial charge in [-0.25, -0.2) is 0 Å². The van der Waals surface area contributed by atoms with Crippen molar-refractivity contribution in [3.05, 3.63) is 23.8 Å². The number of amides is 2. The predicted molar refractivity (Wildman–Crippen MR) is 89.4 cm³/mol. The highest BCUT2D eigenvalue weighted by Crippen LogP contribution is 2.26. The van der Waals surface area contributed by atoms with Gasteiger partial charge in [-0.15, -0.1) is 0 Å². The van der Waals surface area contributed by atoms with Gasteiger partial charge in [-0.2, -0.15) is 0 Å². The van der Waals surface area contributed by atoms with Crippen molar-refractivity contribution in [2.24, 2.45) is 5.92 Å². The fourth-order valence-electron chi connectivity index (χ4n) is 2.55. The van der Waals surface area contributed by atoms with Gasteiger partial charge in [-0.05, 0) is 31.0 Å². The third-order valence-electron chi connectivity index (χ3n) is 3.89. The summed E-state index contributed by atoms with van der Waals surface area (Å²) in [6.07, 6.45) is 2.12. The monoisotopic (exact) mass is 303 g/mol. The summed E-state index contributed by atoms with van der Waals surface area (Å²) in [6.45, 7) is 5.32. The zero-order valence-electron chi connectivity index (χ0n) is 13.8. The van der Waals surface area contributed by atoms with Gasteiger partial charge in [0.15, 0.2) is 0 Å². The van der Waals surface area contributed by atoms with E-state index in [4.69, 9.17) is 0 Å². The van der Waals surface area contributed by atoms with E-state index in [0.717, 1.165) is 31.6 Å². The van der Waals surface area contributed by atoms with Crippen LogP contribution < -0.4 is 10.2 Å². The van der Waals surface area contributed by atoms with Crippen LogP contribution in [0, 0.1) is 5.92 Å². The van der Waals surface area contributed by atoms with Gasteiger partial charge >= 0.3 is 0 Å². The van der Waals surface area contributed by atoms with Gasteiger partial charge in [0, 0.05) is 44.5 Å². The number of anilines is 2. The van der Waals surface area contributed by atoms with Crippen molar-refractivity contribution < 1.29 is 9.59 Å². The van der Waals surface area contributed by atoms with E-state index in [1.807, 2.05) is 49.9 Å². The van der Waals surface area contributed by atoms with Crippen LogP contribution in [0.15, 0.2) is 18.2 Å². The molecule has 2 rings (SSSR count). The normalized spacial score (nSPS) is 14.3. The van der Waals surface area contributed by atoms with Gasteiger partial charge in [0.1, 0.15) is 0 Å². The molecule has 1 aromatic rings. The fraction of sp³-hybridized carbons (Fsp3) is 0.529. The molecule has 0 radical (unpaired) electrons. The minimum atomic E-state index is -0.0914. The first-order valence-electron chi connectivity index (χ1n) is 7.81. The van der Waals surface area contributed by atoms with E-state index < -0.39 is 0 Å². The number of benzene rings is 1. The van der Waals surface area contributed by atoms with E-state index in [1.165, 1.54) is 0 Å². The summed E-state index contributed by atoms with van der Waals surface area (Å²) in [5.74, 6) is -0.0923. The standard InChI is InChI=1S/C17H25N3O2/c1-12(2)16(21)18-13-7-8-15(19(3)4)14(11-13)17(22)20-9-5-6-10-20/h7-8,11-12H,5-6,9-10H2,1-4H3,(H,18,21). The Kier molecular flexibility index (Phi) is 5.06. The topological polar surface area (TPSA) is 52.7 Å². The Morgan fingerprint density at radius 2 is 1.82 bits per heavy atom. The van der Waals surface area contributed by atoms with Gasteiger partial charge < -0.3 is 15.1 Å². The van der Waals surface area contributed by atoms with Crippen molar-refractivity contribution in [1.29, 1.82) is 0 Å². The maximum Gasteiger partial charge on any atom is 0.256 e. The molecule has 1 saturated heterocycles. The predicted octanol–water partition coefficient (Wildman–Crippen LogP) is 2.58. The number of rotatable bonds is 4. The first kappa shape index (κ1) is 16.3. The smallest absolute Gasteiger partial charge is 0.256 e. The van der Waals surface area contributed by atoms with Gasteiger partial charge in [-0.1, -0.05) is 13.8 Å². The van der Waals surface area contributed by atoms with Crippen LogP contribution in [0.5, 0.6) is 0 Å². The van der Waals surface area contributed by atoms with Gasteiger partial charge in [0.2, 0.25) is 5.91 Å². The first-order valence-corrected chi connectivity index (χ1v) is 7.81. The lowest BCUT2D eigenvalue weighted by molar-refractivity contribution is -0.118. The van der Waals surface area contributed by atoms with Crippen LogP contribution in [0.3, 0.4) is 0 Å². The highest BCUT2D eigenvalue weighted by Gasteiger charge is 2.23. The Morgan fingerprint density at radius 1 is 1.18 bits per heavy atom. The third-order valence-corrected chi connectivity index (χ3v) is 3.89. The van der Waals surface area contributed by atoms with Gasteiger partial charge in [-0.3, -0.25) is 9.59 Å². The van der Waals surface area contributed by atoms with Crippen molar-refractivity contribution >= 4 is 23.2 Å². The average molecular weight is 303 g/mol. The SMILES string of the molecule is CC(C)C(=O)Nc1ccc(N(C)C)c(C(=O)N2CCCC2)c1. The summed E-state index contributed by atoms with van der Waals surface area (Å²) in [5.41, 5.74) is 2.19. The maximum atomic E-state index is 12.7. The summed E-state index contributed by atoms with van der Waals surface area (Å²) >= 11 is 0. The summed E-state index contributed by atoms with van der Waals surface area (Å²) in [4.78, 5) is 28.4. The van der Waals surface area contributed by atoms with Crippen LogP contribution in [-0.2, 0) is 4.79 Å². The van der Waals surface area contributed by atoms with E-state index in [1.54, 1.807) is 6.07 Å². The molecule has 0 aliphatic carbocycles. The van der Waals surface area contributed by atoms with Crippen molar-refractivity contribution in [1.82, 2.24) is 4.90 Å². The first-order chi connectivity index (χ1) is 10.4. The molecule has 120 valence electrons. The highest BCUT2D eigenvalue weighted by molar-refractivity contribution is 6.02. The quantitative estimate of drug-likeness (QED) is 0.930. The lowest BCUT2D eigenvalue weighted by Crippen LogP contribution is -2.29. The number of carbonyl (C=O) groups excluding carboxylic acids is 2. The largest absolute Gasteiger partial charge is 0.377 e. The molecule has 5 heteroatoms. The number of hydrogen-bond acceptors (Lipinski definition) is 3. The third kappa shape index (κ3) is 3.59. The molecular weight excluding hydrogens is 278 g/mol. The van der Waals surface area contributed by atoms with Crippen LogP contribution in [0.4, 0.5) is 11.4 Å². The van der Waals surface area contributed by atoms with Crippen molar-refractivity contribution in [2.45, 2.75) is 26.7 Å². The molecule has 0 aromatic heterocycles. The van der Waals surface area contributed by atoms with E-state index in [-0.39, 0.29) is 17.7 Å². The second-order valence-corrected chi connectivity index (χ2v) is 6.27. The molecule has 5 nitrogen and oxygen atoms in total. The minimum absolute atomic E-state index is 0.0434. The Labute approximate surface area is 132 Å². The molecule has 1 heterocycles. The molecule has 0 bridgehead atoms. The second kappa shape index (κ2) is 6.81. The number of nitrogens with zero attached hydrogens (tertiary/aromatic N) is 2. The summed E-state index contributed by atoms with van der Waals surface area (Å²) < 4.78 is 0. The second-order valence-electron chi connectivity index (χ2n) is 6.27. The average Bonchev–Trinajstić information content (AvgIpc) is 3.00. The Morgan fingerprint density at radius 3 is 2.36 bits per heavy atom. The maximum absolute atomic E-state index is 12.7. The molecule has 0 atom stereocenters. The van der Waals surface area contributed by atoms with E-state index in [0.29, 0.717) is 11.3 Å². The Bertz CT molecular complexity index is 561. The lowest BCUT2D eigenvalue weighted by Gasteiger charge is -2.22. The zero-order valence-corrected chi connectivity index (χ0v) is 13.8. The van der Waals surface area contributed by atoms with Gasteiger partial charge in [0.25, 0.3) is 5.91 Å². The van der Waals surface area contributed by atoms with Crippen LogP contribution in [-0.4, -0.2) is 43.9 Å². The highest BCUT2D eigenvalue weighted by atomic mass is 16.2. The molecule has 1 aromatic carbocycles. The van der Waals surface area contributed by atoms with E-state index in [9.17, 15) is 9.59 Å². The zero-order chi connectivity index (χ0) is 16.3. The van der Waals surface area contributed by atoms with Crippen LogP contribution >= 0.6 is 0 Å². The molecule has 0 unspecified atom stereocenters. The van der Waals surface area contributed by atoms with Crippen LogP contribution in [0.1, 0.15) is 37.0 Å². The van der Waals surface area contributed by atoms with Crippen molar-refractivity contribution in [3.8, 4) is 0 Å². The number of carbonyl (C=O) groups is 2. The Hall–Kier alpha value is -2.04. The molecule has 0 saturated carbocycles. The molecule has 1 aliphatic rings. The summed E-state index contributed by atoms with van der Waals surface area (Å²) in [7, 11) is 3.84. The van der Waals surface area contributed by atoms with Crippen molar-refractivity contribution in [3.63, 3.8) is 0 Å². The van der Waals surface area contributed by atoms with Crippen LogP contribution in [0.25, 0.3) is 0 Å². The van der Waals surface area contributed by atoms with Crippen LogP contribution in [0.2, 0.25) is 0 Å². The molecule has 0 spiro atoms. The fourth-order valence-corrected chi connectivity index (χ4v) is 2.55. The minimum Gasteiger partial charge on any atom is -0.377 e. The summed E-state index contributed by atoms with van der Waals surface area (Å²) in [6, 6.07) is 5.52. The number of likely N-dealkylation sites (tertiary alicyclic amines) is 1.